The van der Waals surface area contributed by atoms with Crippen LogP contribution in [0.3, 0.4) is 0 Å². The largest absolute Gasteiger partial charge is 0.342 e. The van der Waals surface area contributed by atoms with E-state index in [0.29, 0.717) is 6.54 Å². The molecule has 0 spiro atoms. The first-order valence-corrected chi connectivity index (χ1v) is 11.0. The van der Waals surface area contributed by atoms with Gasteiger partial charge in [0.2, 0.25) is 10.0 Å². The van der Waals surface area contributed by atoms with E-state index in [2.05, 4.69) is 11.6 Å². The fourth-order valence-electron chi connectivity index (χ4n) is 3.54. The van der Waals surface area contributed by atoms with Gasteiger partial charge in [0.15, 0.2) is 0 Å². The van der Waals surface area contributed by atoms with E-state index in [1.807, 2.05) is 0 Å². The maximum absolute atomic E-state index is 13.0. The lowest BCUT2D eigenvalue weighted by Crippen LogP contribution is -2.45. The predicted molar refractivity (Wildman–Crippen MR) is 103 cm³/mol. The van der Waals surface area contributed by atoms with Crippen LogP contribution in [-0.4, -0.2) is 45.4 Å². The van der Waals surface area contributed by atoms with Crippen molar-refractivity contribution in [2.75, 3.05) is 20.1 Å². The molecule has 7 heteroatoms. The molecule has 1 aromatic rings. The van der Waals surface area contributed by atoms with E-state index in [-0.39, 0.29) is 34.9 Å². The molecular formula is C19H31N3O3S. The van der Waals surface area contributed by atoms with Crippen molar-refractivity contribution in [1.29, 1.82) is 0 Å². The molecule has 1 unspecified atom stereocenters. The van der Waals surface area contributed by atoms with Gasteiger partial charge in [-0.25, -0.2) is 13.1 Å². The minimum Gasteiger partial charge on any atom is -0.342 e. The molecule has 0 bridgehead atoms. The number of hydrogen-bond acceptors (Lipinski definition) is 4. The Morgan fingerprint density at radius 1 is 1.31 bits per heavy atom. The Labute approximate surface area is 157 Å². The summed E-state index contributed by atoms with van der Waals surface area (Å²) in [4.78, 5) is 14.3. The van der Waals surface area contributed by atoms with Crippen LogP contribution in [0.2, 0.25) is 0 Å². The van der Waals surface area contributed by atoms with Crippen LogP contribution in [0.1, 0.15) is 55.8 Å². The zero-order valence-electron chi connectivity index (χ0n) is 15.8. The molecule has 0 aromatic heterocycles. The standard InChI is InChI=1S/C19H31N3O3S/c1-3-4-13-22(2)19(23)16-11-7-8-12-18(16)26(24,25)21-17(14-20)15-9-5-6-10-15/h7-8,11-12,15,17,21H,3-6,9-10,13-14,20H2,1-2H3. The summed E-state index contributed by atoms with van der Waals surface area (Å²) in [5.41, 5.74) is 6.05. The van der Waals surface area contributed by atoms with Crippen LogP contribution in [0, 0.1) is 5.92 Å². The maximum Gasteiger partial charge on any atom is 0.254 e. The Bertz CT molecular complexity index is 700. The van der Waals surface area contributed by atoms with E-state index < -0.39 is 10.0 Å². The molecule has 1 aliphatic rings. The van der Waals surface area contributed by atoms with E-state index in [1.54, 1.807) is 30.1 Å². The highest BCUT2D eigenvalue weighted by molar-refractivity contribution is 7.89. The van der Waals surface area contributed by atoms with Crippen molar-refractivity contribution in [3.05, 3.63) is 29.8 Å². The normalized spacial score (nSPS) is 16.6. The number of sulfonamides is 1. The Kier molecular flexibility index (Phi) is 7.61. The molecule has 0 saturated heterocycles. The molecule has 1 fully saturated rings. The topological polar surface area (TPSA) is 92.5 Å². The van der Waals surface area contributed by atoms with Crippen LogP contribution in [0.25, 0.3) is 0 Å². The van der Waals surface area contributed by atoms with Crippen molar-refractivity contribution >= 4 is 15.9 Å². The Morgan fingerprint density at radius 3 is 2.58 bits per heavy atom. The number of nitrogens with two attached hydrogens (primary N) is 1. The fraction of sp³-hybridized carbons (Fsp3) is 0.632. The summed E-state index contributed by atoms with van der Waals surface area (Å²) in [5, 5.41) is 0. The quantitative estimate of drug-likeness (QED) is 0.687. The molecule has 2 rings (SSSR count). The van der Waals surface area contributed by atoms with Crippen molar-refractivity contribution in [3.8, 4) is 0 Å². The molecule has 3 N–H and O–H groups in total. The third-order valence-electron chi connectivity index (χ3n) is 5.13. The van der Waals surface area contributed by atoms with Crippen molar-refractivity contribution in [3.63, 3.8) is 0 Å². The van der Waals surface area contributed by atoms with Crippen LogP contribution in [-0.2, 0) is 10.0 Å². The van der Waals surface area contributed by atoms with E-state index in [4.69, 9.17) is 5.73 Å². The summed E-state index contributed by atoms with van der Waals surface area (Å²) in [6.45, 7) is 2.91. The lowest BCUT2D eigenvalue weighted by Gasteiger charge is -2.24. The highest BCUT2D eigenvalue weighted by atomic mass is 32.2. The number of carbonyl (C=O) groups is 1. The van der Waals surface area contributed by atoms with Gasteiger partial charge in [-0.05, 0) is 37.3 Å². The summed E-state index contributed by atoms with van der Waals surface area (Å²) in [6, 6.07) is 6.11. The van der Waals surface area contributed by atoms with Gasteiger partial charge in [0.05, 0.1) is 10.5 Å². The minimum absolute atomic E-state index is 0.0322. The lowest BCUT2D eigenvalue weighted by atomic mass is 9.99. The van der Waals surface area contributed by atoms with Gasteiger partial charge >= 0.3 is 0 Å². The average molecular weight is 382 g/mol. The maximum atomic E-state index is 13.0. The molecule has 6 nitrogen and oxygen atoms in total. The fourth-order valence-corrected chi connectivity index (χ4v) is 5.06. The van der Waals surface area contributed by atoms with E-state index in [9.17, 15) is 13.2 Å². The molecule has 1 aliphatic carbocycles. The first-order valence-electron chi connectivity index (χ1n) is 9.47. The minimum atomic E-state index is -3.82. The van der Waals surface area contributed by atoms with E-state index in [0.717, 1.165) is 38.5 Å². The molecule has 1 aromatic carbocycles. The van der Waals surface area contributed by atoms with Gasteiger partial charge in [-0.2, -0.15) is 0 Å². The average Bonchev–Trinajstić information content (AvgIpc) is 3.18. The summed E-state index contributed by atoms with van der Waals surface area (Å²) >= 11 is 0. The summed E-state index contributed by atoms with van der Waals surface area (Å²) < 4.78 is 28.7. The number of nitrogens with zero attached hydrogens (tertiary/aromatic N) is 1. The first-order chi connectivity index (χ1) is 12.4. The monoisotopic (exact) mass is 381 g/mol. The Morgan fingerprint density at radius 2 is 1.96 bits per heavy atom. The number of rotatable bonds is 9. The first kappa shape index (κ1) is 20.9. The van der Waals surface area contributed by atoms with Gasteiger partial charge in [-0.1, -0.05) is 38.3 Å². The molecule has 0 heterocycles. The number of unbranched alkanes of at least 4 members (excludes halogenated alkanes) is 1. The van der Waals surface area contributed by atoms with Gasteiger partial charge in [0, 0.05) is 26.2 Å². The van der Waals surface area contributed by atoms with E-state index in [1.165, 1.54) is 6.07 Å². The number of hydrogen-bond donors (Lipinski definition) is 2. The van der Waals surface area contributed by atoms with Gasteiger partial charge in [0.25, 0.3) is 5.91 Å². The summed E-state index contributed by atoms with van der Waals surface area (Å²) in [6.07, 6.45) is 6.06. The molecule has 146 valence electrons. The number of nitrogens with one attached hydrogen (secondary N) is 1. The van der Waals surface area contributed by atoms with Crippen molar-refractivity contribution in [2.45, 2.75) is 56.4 Å². The molecule has 0 aliphatic heterocycles. The van der Waals surface area contributed by atoms with Crippen LogP contribution < -0.4 is 10.5 Å². The van der Waals surface area contributed by atoms with Gasteiger partial charge in [0.1, 0.15) is 0 Å². The molecule has 1 amide bonds. The van der Waals surface area contributed by atoms with Crippen LogP contribution in [0.5, 0.6) is 0 Å². The third-order valence-corrected chi connectivity index (χ3v) is 6.68. The van der Waals surface area contributed by atoms with Crippen LogP contribution in [0.15, 0.2) is 29.2 Å². The lowest BCUT2D eigenvalue weighted by molar-refractivity contribution is 0.0789. The Balaban J connectivity index is 2.24. The van der Waals surface area contributed by atoms with Crippen molar-refractivity contribution in [1.82, 2.24) is 9.62 Å². The van der Waals surface area contributed by atoms with E-state index >= 15 is 0 Å². The van der Waals surface area contributed by atoms with Crippen LogP contribution in [0.4, 0.5) is 0 Å². The zero-order chi connectivity index (χ0) is 19.2. The second kappa shape index (κ2) is 9.48. The molecular weight excluding hydrogens is 350 g/mol. The molecule has 1 atom stereocenters. The van der Waals surface area contributed by atoms with Gasteiger partial charge < -0.3 is 10.6 Å². The number of amides is 1. The second-order valence-corrected chi connectivity index (χ2v) is 8.77. The highest BCUT2D eigenvalue weighted by Gasteiger charge is 2.30. The van der Waals surface area contributed by atoms with Gasteiger partial charge in [-0.15, -0.1) is 0 Å². The van der Waals surface area contributed by atoms with Gasteiger partial charge in [-0.3, -0.25) is 4.79 Å². The molecule has 0 radical (unpaired) electrons. The third kappa shape index (κ3) is 5.05. The Hall–Kier alpha value is -1.44. The number of benzene rings is 1. The molecule has 26 heavy (non-hydrogen) atoms. The summed E-state index contributed by atoms with van der Waals surface area (Å²) in [7, 11) is -2.11. The smallest absolute Gasteiger partial charge is 0.254 e. The SMILES string of the molecule is CCCCN(C)C(=O)c1ccccc1S(=O)(=O)NC(CN)C1CCCC1. The van der Waals surface area contributed by atoms with Crippen molar-refractivity contribution in [2.24, 2.45) is 11.7 Å². The van der Waals surface area contributed by atoms with Crippen molar-refractivity contribution < 1.29 is 13.2 Å². The molecule has 1 saturated carbocycles. The second-order valence-electron chi connectivity index (χ2n) is 7.08. The zero-order valence-corrected chi connectivity index (χ0v) is 16.6. The number of carbonyl (C=O) groups excluding carboxylic acids is 1. The highest BCUT2D eigenvalue weighted by Crippen LogP contribution is 2.28. The predicted octanol–water partition coefficient (Wildman–Crippen LogP) is 2.35. The summed E-state index contributed by atoms with van der Waals surface area (Å²) in [5.74, 6) is -0.00513. The van der Waals surface area contributed by atoms with Crippen LogP contribution >= 0.6 is 0 Å².